The van der Waals surface area contributed by atoms with Crippen LogP contribution in [0.15, 0.2) is 36.4 Å². The van der Waals surface area contributed by atoms with Crippen molar-refractivity contribution in [3.8, 4) is 11.5 Å². The molecular formula is C25H30N2O4S. The molecule has 1 unspecified atom stereocenters. The van der Waals surface area contributed by atoms with Crippen LogP contribution >= 0.6 is 11.3 Å². The van der Waals surface area contributed by atoms with Crippen molar-refractivity contribution >= 4 is 32.6 Å². The van der Waals surface area contributed by atoms with Crippen molar-refractivity contribution in [1.82, 2.24) is 4.98 Å². The summed E-state index contributed by atoms with van der Waals surface area (Å²) in [5.41, 5.74) is 2.51. The van der Waals surface area contributed by atoms with Gasteiger partial charge in [0, 0.05) is 12.2 Å². The lowest BCUT2D eigenvalue weighted by Crippen LogP contribution is -2.37. The molecule has 1 atom stereocenters. The van der Waals surface area contributed by atoms with Gasteiger partial charge >= 0.3 is 0 Å². The average Bonchev–Trinajstić information content (AvgIpc) is 3.49. The van der Waals surface area contributed by atoms with Gasteiger partial charge in [-0.2, -0.15) is 0 Å². The molecule has 170 valence electrons. The summed E-state index contributed by atoms with van der Waals surface area (Å²) < 4.78 is 18.1. The minimum atomic E-state index is -0.0868. The Hall–Kier alpha value is -2.64. The first-order valence-corrected chi connectivity index (χ1v) is 12.0. The number of amides is 1. The van der Waals surface area contributed by atoms with Gasteiger partial charge in [-0.05, 0) is 62.1 Å². The number of methoxy groups -OCH3 is 1. The van der Waals surface area contributed by atoms with Crippen molar-refractivity contribution in [2.75, 3.05) is 31.8 Å². The number of fused-ring (bicyclic) bond motifs is 1. The Bertz CT molecular complexity index is 1060. The highest BCUT2D eigenvalue weighted by Gasteiger charge is 2.28. The third kappa shape index (κ3) is 4.89. The molecule has 7 heteroatoms. The van der Waals surface area contributed by atoms with Crippen molar-refractivity contribution in [1.29, 1.82) is 0 Å². The Morgan fingerprint density at radius 2 is 2.06 bits per heavy atom. The standard InChI is InChI=1S/C25H30N2O4S/c1-4-5-14-30-19-11-9-18(10-12-19)24(28)27(16-20-7-6-15-31-20)25-26-22-21(29-3)13-8-17(2)23(22)32-25/h8-13,20H,4-7,14-16H2,1-3H3. The topological polar surface area (TPSA) is 60.9 Å². The summed E-state index contributed by atoms with van der Waals surface area (Å²) in [6.07, 6.45) is 4.08. The van der Waals surface area contributed by atoms with Crippen LogP contribution in [0, 0.1) is 6.92 Å². The van der Waals surface area contributed by atoms with Crippen LogP contribution < -0.4 is 14.4 Å². The molecule has 0 aliphatic carbocycles. The molecule has 1 fully saturated rings. The summed E-state index contributed by atoms with van der Waals surface area (Å²) in [7, 11) is 1.64. The van der Waals surface area contributed by atoms with Crippen molar-refractivity contribution in [3.05, 3.63) is 47.5 Å². The second-order valence-electron chi connectivity index (χ2n) is 8.04. The molecular weight excluding hydrogens is 424 g/mol. The van der Waals surface area contributed by atoms with Crippen molar-refractivity contribution in [3.63, 3.8) is 0 Å². The van der Waals surface area contributed by atoms with Gasteiger partial charge in [0.15, 0.2) is 5.13 Å². The molecule has 0 spiro atoms. The molecule has 32 heavy (non-hydrogen) atoms. The SMILES string of the molecule is CCCCOc1ccc(C(=O)N(CC2CCCO2)c2nc3c(OC)ccc(C)c3s2)cc1. The Labute approximate surface area is 193 Å². The number of carbonyl (C=O) groups excluding carboxylic acids is 1. The number of unbranched alkanes of at least 4 members (excludes halogenated alkanes) is 1. The zero-order valence-electron chi connectivity index (χ0n) is 18.9. The van der Waals surface area contributed by atoms with Gasteiger partial charge in [-0.25, -0.2) is 4.98 Å². The van der Waals surface area contributed by atoms with E-state index in [4.69, 9.17) is 19.2 Å². The van der Waals surface area contributed by atoms with Crippen molar-refractivity contribution in [2.45, 2.75) is 45.6 Å². The van der Waals surface area contributed by atoms with Gasteiger partial charge in [0.25, 0.3) is 5.91 Å². The van der Waals surface area contributed by atoms with E-state index in [0.717, 1.165) is 53.8 Å². The average molecular weight is 455 g/mol. The van der Waals surface area contributed by atoms with Gasteiger partial charge in [-0.1, -0.05) is 30.7 Å². The predicted octanol–water partition coefficient (Wildman–Crippen LogP) is 5.62. The molecule has 0 N–H and O–H groups in total. The van der Waals surface area contributed by atoms with Crippen LogP contribution in [0.3, 0.4) is 0 Å². The van der Waals surface area contributed by atoms with Gasteiger partial charge < -0.3 is 14.2 Å². The van der Waals surface area contributed by atoms with E-state index in [-0.39, 0.29) is 12.0 Å². The Morgan fingerprint density at radius 3 is 2.75 bits per heavy atom. The third-order valence-corrected chi connectivity index (χ3v) is 6.88. The summed E-state index contributed by atoms with van der Waals surface area (Å²) >= 11 is 1.52. The fourth-order valence-corrected chi connectivity index (χ4v) is 4.86. The molecule has 1 saturated heterocycles. The third-order valence-electron chi connectivity index (χ3n) is 5.67. The van der Waals surface area contributed by atoms with Crippen molar-refractivity contribution in [2.24, 2.45) is 0 Å². The second kappa shape index (κ2) is 10.3. The quantitative estimate of drug-likeness (QED) is 0.393. The maximum atomic E-state index is 13.6. The monoisotopic (exact) mass is 454 g/mol. The first-order chi connectivity index (χ1) is 15.6. The maximum Gasteiger partial charge on any atom is 0.260 e. The molecule has 1 aliphatic heterocycles. The van der Waals surface area contributed by atoms with E-state index in [1.165, 1.54) is 11.3 Å². The molecule has 0 saturated carbocycles. The number of nitrogens with zero attached hydrogens (tertiary/aromatic N) is 2. The highest BCUT2D eigenvalue weighted by Crippen LogP contribution is 2.37. The smallest absolute Gasteiger partial charge is 0.260 e. The summed E-state index contributed by atoms with van der Waals surface area (Å²) in [6, 6.07) is 11.3. The number of ether oxygens (including phenoxy) is 3. The van der Waals surface area contributed by atoms with Crippen LogP contribution in [0.5, 0.6) is 11.5 Å². The molecule has 6 nitrogen and oxygen atoms in total. The number of hydrogen-bond donors (Lipinski definition) is 0. The minimum Gasteiger partial charge on any atom is -0.494 e. The van der Waals surface area contributed by atoms with Gasteiger partial charge in [0.2, 0.25) is 0 Å². The van der Waals surface area contributed by atoms with E-state index >= 15 is 0 Å². The molecule has 4 rings (SSSR count). The van der Waals surface area contributed by atoms with Crippen molar-refractivity contribution < 1.29 is 19.0 Å². The summed E-state index contributed by atoms with van der Waals surface area (Å²) in [4.78, 5) is 20.2. The highest BCUT2D eigenvalue weighted by atomic mass is 32.1. The minimum absolute atomic E-state index is 0.0191. The van der Waals surface area contributed by atoms with E-state index in [1.54, 1.807) is 12.0 Å². The lowest BCUT2D eigenvalue weighted by molar-refractivity contribution is 0.0917. The van der Waals surface area contributed by atoms with Crippen LogP contribution in [0.2, 0.25) is 0 Å². The molecule has 0 bridgehead atoms. The van der Waals surface area contributed by atoms with Gasteiger partial charge in [-0.15, -0.1) is 0 Å². The Balaban J connectivity index is 1.64. The largest absolute Gasteiger partial charge is 0.494 e. The van der Waals surface area contributed by atoms with Crippen LogP contribution in [0.25, 0.3) is 10.2 Å². The molecule has 3 aromatic rings. The van der Waals surface area contributed by atoms with Gasteiger partial charge in [0.05, 0.1) is 31.1 Å². The summed E-state index contributed by atoms with van der Waals surface area (Å²) in [5.74, 6) is 1.41. The number of rotatable bonds is 9. The van der Waals surface area contributed by atoms with E-state index < -0.39 is 0 Å². The lowest BCUT2D eigenvalue weighted by Gasteiger charge is -2.23. The predicted molar refractivity (Wildman–Crippen MR) is 128 cm³/mol. The number of hydrogen-bond acceptors (Lipinski definition) is 6. The normalized spacial score (nSPS) is 15.8. The molecule has 2 heterocycles. The van der Waals surface area contributed by atoms with Gasteiger partial charge in [-0.3, -0.25) is 9.69 Å². The molecule has 0 radical (unpaired) electrons. The van der Waals surface area contributed by atoms with E-state index in [1.807, 2.05) is 43.3 Å². The van der Waals surface area contributed by atoms with E-state index in [2.05, 4.69) is 6.92 Å². The van der Waals surface area contributed by atoms with Crippen LogP contribution in [0.1, 0.15) is 48.5 Å². The number of benzene rings is 2. The molecule has 1 aromatic heterocycles. The van der Waals surface area contributed by atoms with E-state index in [0.29, 0.717) is 29.6 Å². The fraction of sp³-hybridized carbons (Fsp3) is 0.440. The van der Waals surface area contributed by atoms with Crippen LogP contribution in [0.4, 0.5) is 5.13 Å². The molecule has 1 amide bonds. The Kier molecular flexibility index (Phi) is 7.27. The molecule has 2 aromatic carbocycles. The first kappa shape index (κ1) is 22.6. The number of carbonyl (C=O) groups is 1. The number of aryl methyl sites for hydroxylation is 1. The fourth-order valence-electron chi connectivity index (χ4n) is 3.80. The highest BCUT2D eigenvalue weighted by molar-refractivity contribution is 7.22. The maximum absolute atomic E-state index is 13.6. The van der Waals surface area contributed by atoms with Gasteiger partial charge in [0.1, 0.15) is 17.0 Å². The summed E-state index contributed by atoms with van der Waals surface area (Å²) in [6.45, 7) is 6.08. The lowest BCUT2D eigenvalue weighted by atomic mass is 10.1. The Morgan fingerprint density at radius 1 is 1.25 bits per heavy atom. The zero-order chi connectivity index (χ0) is 22.5. The van der Waals surface area contributed by atoms with Crippen LogP contribution in [-0.4, -0.2) is 43.9 Å². The number of thiazole rings is 1. The number of aromatic nitrogens is 1. The summed E-state index contributed by atoms with van der Waals surface area (Å²) in [5, 5.41) is 0.663. The first-order valence-electron chi connectivity index (χ1n) is 11.2. The molecule has 1 aliphatic rings. The second-order valence-corrected chi connectivity index (χ2v) is 9.01. The number of anilines is 1. The zero-order valence-corrected chi connectivity index (χ0v) is 19.7. The van der Waals surface area contributed by atoms with Crippen LogP contribution in [-0.2, 0) is 4.74 Å². The van der Waals surface area contributed by atoms with E-state index in [9.17, 15) is 4.79 Å².